The number of carboxylic acid groups (broad SMARTS) is 1. The second-order valence-corrected chi connectivity index (χ2v) is 12.0. The van der Waals surface area contributed by atoms with Gasteiger partial charge in [0.05, 0.1) is 22.6 Å². The summed E-state index contributed by atoms with van der Waals surface area (Å²) in [6.07, 6.45) is -21.2. The van der Waals surface area contributed by atoms with Gasteiger partial charge in [0.2, 0.25) is 0 Å². The van der Waals surface area contributed by atoms with Gasteiger partial charge in [-0.1, -0.05) is 37.3 Å². The third kappa shape index (κ3) is 9.43. The number of alkyl halides is 10. The van der Waals surface area contributed by atoms with Crippen LogP contribution in [0.1, 0.15) is 57.1 Å². The first-order chi connectivity index (χ1) is 25.0. The summed E-state index contributed by atoms with van der Waals surface area (Å²) in [7, 11) is 0. The second-order valence-electron chi connectivity index (χ2n) is 12.0. The molecule has 0 heterocycles. The predicted molar refractivity (Wildman–Crippen MR) is 164 cm³/mol. The molecule has 1 amide bonds. The summed E-state index contributed by atoms with van der Waals surface area (Å²) in [5.74, 6) is -10.1. The molecule has 5 nitrogen and oxygen atoms in total. The van der Waals surface area contributed by atoms with Crippen LogP contribution in [0.4, 0.5) is 57.1 Å². The zero-order chi connectivity index (χ0) is 40.4. The summed E-state index contributed by atoms with van der Waals surface area (Å²) in [4.78, 5) is 25.4. The Morgan fingerprint density at radius 2 is 1.28 bits per heavy atom. The van der Waals surface area contributed by atoms with Crippen LogP contribution in [0.3, 0.4) is 0 Å². The summed E-state index contributed by atoms with van der Waals surface area (Å²) in [6, 6.07) is 8.33. The van der Waals surface area contributed by atoms with Crippen molar-refractivity contribution in [3.63, 3.8) is 0 Å². The minimum absolute atomic E-state index is 0.00402. The zero-order valence-electron chi connectivity index (χ0n) is 27.4. The van der Waals surface area contributed by atoms with Crippen molar-refractivity contribution in [2.75, 3.05) is 0 Å². The number of aliphatic carboxylic acids is 1. The van der Waals surface area contributed by atoms with Gasteiger partial charge in [0, 0.05) is 18.1 Å². The molecule has 0 aliphatic heterocycles. The van der Waals surface area contributed by atoms with Gasteiger partial charge in [-0.05, 0) is 77.6 Å². The van der Waals surface area contributed by atoms with Crippen LogP contribution in [0.15, 0.2) is 78.9 Å². The highest BCUT2D eigenvalue weighted by molar-refractivity contribution is 5.95. The van der Waals surface area contributed by atoms with Gasteiger partial charge in [-0.3, -0.25) is 9.59 Å². The van der Waals surface area contributed by atoms with Crippen molar-refractivity contribution in [3.8, 4) is 5.75 Å². The Kier molecular flexibility index (Phi) is 12.0. The fourth-order valence-corrected chi connectivity index (χ4v) is 5.58. The van der Waals surface area contributed by atoms with Crippen LogP contribution in [0.5, 0.6) is 5.75 Å². The van der Waals surface area contributed by atoms with Gasteiger partial charge in [0.25, 0.3) is 5.91 Å². The molecule has 0 bridgehead atoms. The summed E-state index contributed by atoms with van der Waals surface area (Å²) in [6.45, 7) is 1.61. The second kappa shape index (κ2) is 15.6. The molecule has 0 fully saturated rings. The summed E-state index contributed by atoms with van der Waals surface area (Å²) < 4.78 is 185. The molecule has 0 aliphatic carbocycles. The Balaban J connectivity index is 2.04. The van der Waals surface area contributed by atoms with Gasteiger partial charge in [-0.2, -0.15) is 43.9 Å². The van der Waals surface area contributed by atoms with E-state index < -0.39 is 106 Å². The van der Waals surface area contributed by atoms with Gasteiger partial charge < -0.3 is 15.2 Å². The Morgan fingerprint density at radius 3 is 1.81 bits per heavy atom. The molecule has 0 aliphatic rings. The number of carboxylic acids is 1. The maximum atomic E-state index is 15.2. The number of halogens is 13. The van der Waals surface area contributed by atoms with E-state index in [4.69, 9.17) is 0 Å². The lowest BCUT2D eigenvalue weighted by molar-refractivity contribution is -0.253. The standard InChI is InChI=1S/C36H26F13NO4/c1-2-20(31(52)53)11-18-3-5-19(6-4-18)17-33(22-8-10-29(39)27(15-22)35(45,46)47,23-13-24(37)16-25(14-23)54-36(48,49)32(40)41)50-30(51)21-7-9-28(38)26(12-21)34(42,43)44/h3-10,12-16,20,32H,2,11,17H2,1H3,(H,50,51)(H,52,53)/t20-,33?/m1/s1. The van der Waals surface area contributed by atoms with Crippen LogP contribution < -0.4 is 10.1 Å². The van der Waals surface area contributed by atoms with Crippen LogP contribution >= 0.6 is 0 Å². The van der Waals surface area contributed by atoms with E-state index in [1.54, 1.807) is 6.92 Å². The molecule has 2 N–H and O–H groups in total. The molecular formula is C36H26F13NO4. The molecule has 0 radical (unpaired) electrons. The van der Waals surface area contributed by atoms with E-state index in [2.05, 4.69) is 10.1 Å². The Morgan fingerprint density at radius 1 is 0.722 bits per heavy atom. The number of rotatable bonds is 13. The average Bonchev–Trinajstić information content (AvgIpc) is 3.06. The minimum atomic E-state index is -5.44. The van der Waals surface area contributed by atoms with E-state index >= 15 is 4.39 Å². The number of carbonyl (C=O) groups is 2. The normalized spacial score (nSPS) is 14.1. The number of carbonyl (C=O) groups excluding carboxylic acids is 1. The van der Waals surface area contributed by atoms with E-state index in [9.17, 15) is 67.4 Å². The molecule has 2 atom stereocenters. The van der Waals surface area contributed by atoms with Crippen LogP contribution in [0.25, 0.3) is 0 Å². The largest absolute Gasteiger partial charge is 0.481 e. The van der Waals surface area contributed by atoms with Gasteiger partial charge in [-0.15, -0.1) is 0 Å². The summed E-state index contributed by atoms with van der Waals surface area (Å²) in [5.41, 5.74) is -8.75. The van der Waals surface area contributed by atoms with E-state index in [-0.39, 0.29) is 48.7 Å². The Labute approximate surface area is 297 Å². The van der Waals surface area contributed by atoms with Crippen LogP contribution in [-0.2, 0) is 35.5 Å². The molecule has 4 aromatic carbocycles. The van der Waals surface area contributed by atoms with Gasteiger partial charge in [-0.25, -0.2) is 13.2 Å². The van der Waals surface area contributed by atoms with Crippen molar-refractivity contribution >= 4 is 11.9 Å². The van der Waals surface area contributed by atoms with Gasteiger partial charge >= 0.3 is 30.9 Å². The number of amides is 1. The fraction of sp³-hybridized carbons (Fsp3) is 0.278. The Hall–Kier alpha value is -5.29. The first-order valence-corrected chi connectivity index (χ1v) is 15.5. The summed E-state index contributed by atoms with van der Waals surface area (Å²) >= 11 is 0. The molecule has 290 valence electrons. The maximum absolute atomic E-state index is 15.2. The molecule has 4 rings (SSSR count). The SMILES string of the molecule is CC[C@H](Cc1ccc(CC(NC(=O)c2ccc(F)c(C(F)(F)F)c2)(c2cc(F)cc(OC(F)(F)C(F)F)c2)c2ccc(F)c(C(F)(F)F)c2)cc1)C(=O)O. The molecule has 0 spiro atoms. The van der Waals surface area contributed by atoms with Gasteiger partial charge in [0.1, 0.15) is 23.2 Å². The van der Waals surface area contributed by atoms with Crippen molar-refractivity contribution in [3.05, 3.63) is 135 Å². The van der Waals surface area contributed by atoms with Crippen molar-refractivity contribution < 1.29 is 76.5 Å². The molecule has 0 saturated carbocycles. The van der Waals surface area contributed by atoms with Crippen molar-refractivity contribution in [2.45, 2.75) is 56.6 Å². The highest BCUT2D eigenvalue weighted by atomic mass is 19.4. The Bertz CT molecular complexity index is 2000. The lowest BCUT2D eigenvalue weighted by Gasteiger charge is -2.37. The van der Waals surface area contributed by atoms with Crippen molar-refractivity contribution in [1.82, 2.24) is 5.32 Å². The third-order valence-corrected chi connectivity index (χ3v) is 8.31. The van der Waals surface area contributed by atoms with E-state index in [1.807, 2.05) is 0 Å². The average molecular weight is 784 g/mol. The lowest BCUT2D eigenvalue weighted by atomic mass is 9.76. The minimum Gasteiger partial charge on any atom is -0.481 e. The quantitative estimate of drug-likeness (QED) is 0.133. The topological polar surface area (TPSA) is 75.6 Å². The molecule has 1 unspecified atom stereocenters. The number of benzene rings is 4. The maximum Gasteiger partial charge on any atom is 0.461 e. The van der Waals surface area contributed by atoms with E-state index in [0.29, 0.717) is 29.8 Å². The smallest absolute Gasteiger partial charge is 0.461 e. The predicted octanol–water partition coefficient (Wildman–Crippen LogP) is 9.95. The molecular weight excluding hydrogens is 757 g/mol. The zero-order valence-corrected chi connectivity index (χ0v) is 27.4. The van der Waals surface area contributed by atoms with Crippen LogP contribution in [-0.4, -0.2) is 29.5 Å². The number of hydrogen-bond donors (Lipinski definition) is 2. The highest BCUT2D eigenvalue weighted by Crippen LogP contribution is 2.41. The number of nitrogens with one attached hydrogen (secondary N) is 1. The highest BCUT2D eigenvalue weighted by Gasteiger charge is 2.46. The van der Waals surface area contributed by atoms with Crippen LogP contribution in [0, 0.1) is 23.4 Å². The van der Waals surface area contributed by atoms with E-state index in [1.165, 1.54) is 24.3 Å². The van der Waals surface area contributed by atoms with Gasteiger partial charge in [0.15, 0.2) is 0 Å². The van der Waals surface area contributed by atoms with Crippen molar-refractivity contribution in [1.29, 1.82) is 0 Å². The molecule has 4 aromatic rings. The summed E-state index contributed by atoms with van der Waals surface area (Å²) in [5, 5.41) is 11.6. The van der Waals surface area contributed by atoms with Crippen LogP contribution in [0.2, 0.25) is 0 Å². The molecule has 54 heavy (non-hydrogen) atoms. The molecule has 18 heteroatoms. The third-order valence-electron chi connectivity index (χ3n) is 8.31. The lowest BCUT2D eigenvalue weighted by Crippen LogP contribution is -2.49. The van der Waals surface area contributed by atoms with E-state index in [0.717, 1.165) is 0 Å². The molecule has 0 aromatic heterocycles. The van der Waals surface area contributed by atoms with Crippen molar-refractivity contribution in [2.24, 2.45) is 5.92 Å². The first kappa shape index (κ1) is 41.5. The monoisotopic (exact) mass is 783 g/mol. The number of hydrogen-bond acceptors (Lipinski definition) is 3. The first-order valence-electron chi connectivity index (χ1n) is 15.5. The fourth-order valence-electron chi connectivity index (χ4n) is 5.58. The number of ether oxygens (including phenoxy) is 1. The molecule has 0 saturated heterocycles.